The first-order valence-corrected chi connectivity index (χ1v) is 12.2. The van der Waals surface area contributed by atoms with Gasteiger partial charge in [-0.15, -0.1) is 0 Å². The molecule has 1 fully saturated rings. The van der Waals surface area contributed by atoms with Crippen molar-refractivity contribution in [3.8, 4) is 11.5 Å². The molecule has 1 saturated carbocycles. The Labute approximate surface area is 201 Å². The Kier molecular flexibility index (Phi) is 7.13. The van der Waals surface area contributed by atoms with E-state index in [0.717, 1.165) is 46.2 Å². The van der Waals surface area contributed by atoms with E-state index in [0.29, 0.717) is 16.9 Å². The summed E-state index contributed by atoms with van der Waals surface area (Å²) in [5.41, 5.74) is 1.43. The first kappa shape index (κ1) is 22.8. The second-order valence-corrected chi connectivity index (χ2v) is 9.55. The maximum absolute atomic E-state index is 13.3. The van der Waals surface area contributed by atoms with E-state index in [-0.39, 0.29) is 17.6 Å². The van der Waals surface area contributed by atoms with Gasteiger partial charge >= 0.3 is 0 Å². The number of fused-ring (bicyclic) bond motifs is 1. The van der Waals surface area contributed by atoms with Gasteiger partial charge in [0.15, 0.2) is 11.5 Å². The average molecular weight is 545 g/mol. The van der Waals surface area contributed by atoms with Gasteiger partial charge in [0.1, 0.15) is 5.82 Å². The molecule has 2 aromatic carbocycles. The lowest BCUT2D eigenvalue weighted by atomic mass is 9.88. The van der Waals surface area contributed by atoms with Crippen molar-refractivity contribution in [2.24, 2.45) is 5.10 Å². The first-order valence-electron chi connectivity index (χ1n) is 11.1. The summed E-state index contributed by atoms with van der Waals surface area (Å²) in [5, 5.41) is 5.21. The number of hydrogen-bond donors (Lipinski definition) is 0. The summed E-state index contributed by atoms with van der Waals surface area (Å²) in [5.74, 6) is 2.36. The molecule has 0 unspecified atom stereocenters. The Hall–Kier alpha value is -2.42. The predicted octanol–water partition coefficient (Wildman–Crippen LogP) is 5.73. The average Bonchev–Trinajstić information content (AvgIpc) is 2.80. The summed E-state index contributed by atoms with van der Waals surface area (Å²) < 4.78 is 13.9. The quantitative estimate of drug-likeness (QED) is 0.293. The molecule has 0 atom stereocenters. The standard InChI is InChI=1S/C25H28IN3O3/c1-16(2)32-23-20(26)13-17(14-22(23)31-3)15-27-29-24(18-9-5-4-6-10-18)28-21-12-8-7-11-19(21)25(29)30/h7-8,11-16,18H,4-6,9-10H2,1-3H3. The van der Waals surface area contributed by atoms with Crippen LogP contribution in [0.4, 0.5) is 0 Å². The normalized spacial score (nSPS) is 15.0. The van der Waals surface area contributed by atoms with Gasteiger partial charge in [-0.25, -0.2) is 4.98 Å². The fourth-order valence-electron chi connectivity index (χ4n) is 4.17. The first-order chi connectivity index (χ1) is 15.5. The molecule has 0 N–H and O–H groups in total. The van der Waals surface area contributed by atoms with E-state index in [1.807, 2.05) is 50.2 Å². The molecule has 3 aromatic rings. The van der Waals surface area contributed by atoms with Crippen LogP contribution >= 0.6 is 22.6 Å². The molecule has 0 spiro atoms. The van der Waals surface area contributed by atoms with Gasteiger partial charge in [-0.2, -0.15) is 9.78 Å². The highest BCUT2D eigenvalue weighted by molar-refractivity contribution is 14.1. The summed E-state index contributed by atoms with van der Waals surface area (Å²) in [7, 11) is 1.62. The minimum Gasteiger partial charge on any atom is -0.493 e. The lowest BCUT2D eigenvalue weighted by Gasteiger charge is -2.22. The van der Waals surface area contributed by atoms with Gasteiger partial charge in [-0.05, 0) is 79.1 Å². The Morgan fingerprint density at radius 3 is 2.66 bits per heavy atom. The number of benzene rings is 2. The van der Waals surface area contributed by atoms with E-state index in [2.05, 4.69) is 27.7 Å². The second-order valence-electron chi connectivity index (χ2n) is 8.38. The van der Waals surface area contributed by atoms with Crippen LogP contribution in [0.2, 0.25) is 0 Å². The Morgan fingerprint density at radius 2 is 1.94 bits per heavy atom. The molecule has 6 nitrogen and oxygen atoms in total. The third kappa shape index (κ3) is 4.82. The molecule has 4 rings (SSSR count). The number of ether oxygens (including phenoxy) is 2. The van der Waals surface area contributed by atoms with Gasteiger partial charge in [-0.1, -0.05) is 31.4 Å². The van der Waals surface area contributed by atoms with Gasteiger partial charge in [0.25, 0.3) is 5.56 Å². The predicted molar refractivity (Wildman–Crippen MR) is 136 cm³/mol. The van der Waals surface area contributed by atoms with Crippen molar-refractivity contribution in [1.82, 2.24) is 9.66 Å². The number of para-hydroxylation sites is 1. The molecular weight excluding hydrogens is 517 g/mol. The zero-order valence-electron chi connectivity index (χ0n) is 18.7. The lowest BCUT2D eigenvalue weighted by Crippen LogP contribution is -2.25. The van der Waals surface area contributed by atoms with Gasteiger partial charge in [0.05, 0.1) is 33.9 Å². The monoisotopic (exact) mass is 545 g/mol. The molecule has 7 heteroatoms. The molecule has 1 aliphatic rings. The molecule has 0 amide bonds. The van der Waals surface area contributed by atoms with Crippen LogP contribution in [0.15, 0.2) is 46.3 Å². The van der Waals surface area contributed by atoms with Crippen molar-refractivity contribution in [2.45, 2.75) is 58.0 Å². The summed E-state index contributed by atoms with van der Waals surface area (Å²) in [6, 6.07) is 11.3. The van der Waals surface area contributed by atoms with Crippen molar-refractivity contribution < 1.29 is 9.47 Å². The number of nitrogens with zero attached hydrogens (tertiary/aromatic N) is 3. The van der Waals surface area contributed by atoms with Crippen LogP contribution in [-0.2, 0) is 0 Å². The molecular formula is C25H28IN3O3. The van der Waals surface area contributed by atoms with Crippen molar-refractivity contribution >= 4 is 39.7 Å². The lowest BCUT2D eigenvalue weighted by molar-refractivity contribution is 0.228. The smallest absolute Gasteiger partial charge is 0.282 e. The number of aromatic nitrogens is 2. The van der Waals surface area contributed by atoms with Crippen LogP contribution in [0, 0.1) is 3.57 Å². The molecule has 32 heavy (non-hydrogen) atoms. The Morgan fingerprint density at radius 1 is 1.19 bits per heavy atom. The molecule has 1 aromatic heterocycles. The third-order valence-corrected chi connectivity index (χ3v) is 6.48. The molecule has 168 valence electrons. The maximum Gasteiger partial charge on any atom is 0.282 e. The minimum atomic E-state index is -0.131. The van der Waals surface area contributed by atoms with E-state index < -0.39 is 0 Å². The molecule has 0 radical (unpaired) electrons. The van der Waals surface area contributed by atoms with Crippen molar-refractivity contribution in [2.75, 3.05) is 7.11 Å². The highest BCUT2D eigenvalue weighted by atomic mass is 127. The Bertz CT molecular complexity index is 1200. The van der Waals surface area contributed by atoms with Gasteiger partial charge in [0.2, 0.25) is 0 Å². The van der Waals surface area contributed by atoms with Crippen LogP contribution in [-0.4, -0.2) is 29.1 Å². The minimum absolute atomic E-state index is 0.0391. The summed E-state index contributed by atoms with van der Waals surface area (Å²) in [4.78, 5) is 18.2. The molecule has 0 aliphatic heterocycles. The SMILES string of the molecule is COc1cc(C=Nn2c(C3CCCCC3)nc3ccccc3c2=O)cc(I)c1OC(C)C. The van der Waals surface area contributed by atoms with Crippen molar-refractivity contribution in [3.05, 3.63) is 61.7 Å². The van der Waals surface area contributed by atoms with Crippen molar-refractivity contribution in [1.29, 1.82) is 0 Å². The molecule has 0 saturated heterocycles. The van der Waals surface area contributed by atoms with Crippen LogP contribution in [0.5, 0.6) is 11.5 Å². The number of hydrogen-bond acceptors (Lipinski definition) is 5. The second kappa shape index (κ2) is 10.0. The van der Waals surface area contributed by atoms with Crippen LogP contribution in [0.1, 0.15) is 63.3 Å². The summed E-state index contributed by atoms with van der Waals surface area (Å²) >= 11 is 2.24. The number of halogens is 1. The number of methoxy groups -OCH3 is 1. The van der Waals surface area contributed by atoms with Crippen LogP contribution in [0.25, 0.3) is 10.9 Å². The highest BCUT2D eigenvalue weighted by Crippen LogP contribution is 2.35. The van der Waals surface area contributed by atoms with E-state index in [4.69, 9.17) is 14.5 Å². The largest absolute Gasteiger partial charge is 0.493 e. The van der Waals surface area contributed by atoms with E-state index in [9.17, 15) is 4.79 Å². The van der Waals surface area contributed by atoms with E-state index in [1.165, 1.54) is 11.1 Å². The van der Waals surface area contributed by atoms with Crippen molar-refractivity contribution in [3.63, 3.8) is 0 Å². The zero-order valence-corrected chi connectivity index (χ0v) is 20.8. The Balaban J connectivity index is 1.79. The zero-order chi connectivity index (χ0) is 22.7. The van der Waals surface area contributed by atoms with Crippen LogP contribution < -0.4 is 15.0 Å². The maximum atomic E-state index is 13.3. The molecule has 1 aliphatic carbocycles. The topological polar surface area (TPSA) is 65.7 Å². The fraction of sp³-hybridized carbons (Fsp3) is 0.400. The van der Waals surface area contributed by atoms with Gasteiger partial charge in [-0.3, -0.25) is 4.79 Å². The highest BCUT2D eigenvalue weighted by Gasteiger charge is 2.22. The molecule has 1 heterocycles. The van der Waals surface area contributed by atoms with Gasteiger partial charge in [0, 0.05) is 5.92 Å². The van der Waals surface area contributed by atoms with E-state index in [1.54, 1.807) is 13.3 Å². The summed E-state index contributed by atoms with van der Waals surface area (Å²) in [6.45, 7) is 3.97. The fourth-order valence-corrected chi connectivity index (χ4v) is 4.92. The van der Waals surface area contributed by atoms with E-state index >= 15 is 0 Å². The number of rotatable bonds is 6. The van der Waals surface area contributed by atoms with Gasteiger partial charge < -0.3 is 9.47 Å². The molecule has 0 bridgehead atoms. The third-order valence-electron chi connectivity index (χ3n) is 5.68. The van der Waals surface area contributed by atoms with Crippen LogP contribution in [0.3, 0.4) is 0 Å². The summed E-state index contributed by atoms with van der Waals surface area (Å²) in [6.07, 6.45) is 7.36.